The summed E-state index contributed by atoms with van der Waals surface area (Å²) >= 11 is 1.20. The summed E-state index contributed by atoms with van der Waals surface area (Å²) in [7, 11) is 2.15. The molecule has 1 aliphatic heterocycles. The van der Waals surface area contributed by atoms with E-state index in [0.717, 1.165) is 37.2 Å². The Morgan fingerprint density at radius 2 is 2.03 bits per heavy atom. The number of aromatic nitrogens is 2. The lowest BCUT2D eigenvalue weighted by molar-refractivity contribution is -0.971. The monoisotopic (exact) mass is 424 g/mol. The molecule has 7 heteroatoms. The van der Waals surface area contributed by atoms with Gasteiger partial charge in [0, 0.05) is 32.3 Å². The van der Waals surface area contributed by atoms with Gasteiger partial charge < -0.3 is 9.47 Å². The largest absolute Gasteiger partial charge is 0.475 e. The smallest absolute Gasteiger partial charge is 0.310 e. The maximum atomic E-state index is 12.3. The van der Waals surface area contributed by atoms with Crippen LogP contribution in [0.5, 0.6) is 5.88 Å². The molecule has 0 aromatic carbocycles. The molecule has 0 bridgehead atoms. The van der Waals surface area contributed by atoms with E-state index >= 15 is 0 Å². The van der Waals surface area contributed by atoms with Gasteiger partial charge in [-0.05, 0) is 12.3 Å². The van der Waals surface area contributed by atoms with Gasteiger partial charge in [-0.25, -0.2) is 0 Å². The van der Waals surface area contributed by atoms with Gasteiger partial charge in [-0.15, -0.1) is 4.37 Å². The molecule has 1 aromatic heterocycles. The summed E-state index contributed by atoms with van der Waals surface area (Å²) in [5.41, 5.74) is 1.36. The van der Waals surface area contributed by atoms with Gasteiger partial charge in [-0.3, -0.25) is 9.28 Å². The van der Waals surface area contributed by atoms with Crippen molar-refractivity contribution in [3.05, 3.63) is 11.8 Å². The number of unbranched alkanes of at least 4 members (excludes halogenated alkanes) is 3. The quantitative estimate of drug-likeness (QED) is 0.282. The molecule has 0 saturated heterocycles. The van der Waals surface area contributed by atoms with Crippen LogP contribution in [0.4, 0.5) is 0 Å². The fraction of sp³-hybridized carbons (Fsp3) is 0.773. The van der Waals surface area contributed by atoms with Gasteiger partial charge in [0.1, 0.15) is 12.2 Å². The van der Waals surface area contributed by atoms with Crippen molar-refractivity contribution in [3.63, 3.8) is 0 Å². The van der Waals surface area contributed by atoms with E-state index < -0.39 is 5.72 Å². The average molecular weight is 425 g/mol. The summed E-state index contributed by atoms with van der Waals surface area (Å²) in [6, 6.07) is 0. The van der Waals surface area contributed by atoms with Crippen LogP contribution in [0.25, 0.3) is 5.57 Å². The molecule has 0 amide bonds. The second-order valence-corrected chi connectivity index (χ2v) is 9.67. The number of ether oxygens (including phenoxy) is 2. The van der Waals surface area contributed by atoms with Crippen LogP contribution in [0.2, 0.25) is 0 Å². The molecule has 2 heterocycles. The summed E-state index contributed by atoms with van der Waals surface area (Å²) < 4.78 is 21.4. The van der Waals surface area contributed by atoms with Gasteiger partial charge in [-0.2, -0.15) is 4.37 Å². The molecule has 0 N–H and O–H groups in total. The number of hydrogen-bond acceptors (Lipinski definition) is 6. The van der Waals surface area contributed by atoms with Gasteiger partial charge in [0.25, 0.3) is 5.88 Å². The molecular formula is C22H38N3O3S+. The van der Waals surface area contributed by atoms with E-state index in [0.29, 0.717) is 29.3 Å². The molecule has 2 rings (SSSR count). The third-order valence-electron chi connectivity index (χ3n) is 5.77. The van der Waals surface area contributed by atoms with Crippen LogP contribution in [0.3, 0.4) is 0 Å². The van der Waals surface area contributed by atoms with Crippen LogP contribution >= 0.6 is 11.7 Å². The van der Waals surface area contributed by atoms with Crippen LogP contribution in [0.1, 0.15) is 78.8 Å². The lowest BCUT2D eigenvalue weighted by atomic mass is 10.0. The van der Waals surface area contributed by atoms with E-state index in [-0.39, 0.29) is 5.97 Å². The van der Waals surface area contributed by atoms with Crippen LogP contribution < -0.4 is 4.74 Å². The van der Waals surface area contributed by atoms with E-state index in [2.05, 4.69) is 28.8 Å². The lowest BCUT2D eigenvalue weighted by Crippen LogP contribution is -2.62. The lowest BCUT2D eigenvalue weighted by Gasteiger charge is -2.47. The summed E-state index contributed by atoms with van der Waals surface area (Å²) in [5.74, 6) is 0.797. The summed E-state index contributed by atoms with van der Waals surface area (Å²) in [6.07, 6.45) is 8.24. The Bertz CT molecular complexity index is 699. The van der Waals surface area contributed by atoms with Gasteiger partial charge in [0.15, 0.2) is 0 Å². The number of likely N-dealkylation sites (N-methyl/N-ethyl adjacent to an activating group) is 1. The van der Waals surface area contributed by atoms with E-state index in [1.165, 1.54) is 31.0 Å². The highest BCUT2D eigenvalue weighted by atomic mass is 32.1. The maximum Gasteiger partial charge on any atom is 0.310 e. The third kappa shape index (κ3) is 6.51. The molecule has 1 aliphatic rings. The number of quaternary nitrogens is 1. The van der Waals surface area contributed by atoms with Gasteiger partial charge in [-0.1, -0.05) is 46.1 Å². The van der Waals surface area contributed by atoms with Crippen molar-refractivity contribution >= 4 is 23.3 Å². The highest BCUT2D eigenvalue weighted by Crippen LogP contribution is 2.35. The second kappa shape index (κ2) is 10.5. The summed E-state index contributed by atoms with van der Waals surface area (Å²) in [4.78, 5) is 12.3. The number of carbonyl (C=O) groups is 1. The summed E-state index contributed by atoms with van der Waals surface area (Å²) in [5, 5.41) is 0. The zero-order valence-corrected chi connectivity index (χ0v) is 19.8. The van der Waals surface area contributed by atoms with Crippen LogP contribution in [-0.2, 0) is 9.53 Å². The molecule has 1 aromatic rings. The molecule has 0 radical (unpaired) electrons. The Morgan fingerprint density at radius 1 is 1.28 bits per heavy atom. The zero-order chi connectivity index (χ0) is 21.5. The normalized spacial score (nSPS) is 19.9. The number of rotatable bonds is 11. The first-order chi connectivity index (χ1) is 13.7. The fourth-order valence-corrected chi connectivity index (χ4v) is 4.14. The van der Waals surface area contributed by atoms with Crippen molar-refractivity contribution in [2.24, 2.45) is 5.92 Å². The Labute approximate surface area is 180 Å². The van der Waals surface area contributed by atoms with Crippen LogP contribution in [0, 0.1) is 5.92 Å². The van der Waals surface area contributed by atoms with Crippen molar-refractivity contribution in [2.75, 3.05) is 26.7 Å². The van der Waals surface area contributed by atoms with Crippen molar-refractivity contribution in [1.82, 2.24) is 8.75 Å². The Hall–Kier alpha value is -1.47. The molecule has 0 fully saturated rings. The van der Waals surface area contributed by atoms with Crippen molar-refractivity contribution < 1.29 is 18.8 Å². The third-order valence-corrected chi connectivity index (χ3v) is 6.28. The van der Waals surface area contributed by atoms with Gasteiger partial charge >= 0.3 is 5.97 Å². The molecular weight excluding hydrogens is 386 g/mol. The van der Waals surface area contributed by atoms with Crippen LogP contribution in [0.15, 0.2) is 6.08 Å². The van der Waals surface area contributed by atoms with E-state index in [1.807, 2.05) is 27.7 Å². The second-order valence-electron chi connectivity index (χ2n) is 9.14. The molecule has 6 nitrogen and oxygen atoms in total. The van der Waals surface area contributed by atoms with Crippen molar-refractivity contribution in [3.8, 4) is 5.88 Å². The number of esters is 1. The standard InChI is InChI=1S/C22H38N3O3S/c1-7-8-9-10-14-27-21-20(23-29-24-21)18-12-11-13-25(6,16-18)22(4,5)28-19(26)15-17(2)3/h12,17H,7-11,13-16H2,1-6H3/q+1. The van der Waals surface area contributed by atoms with E-state index in [4.69, 9.17) is 9.47 Å². The van der Waals surface area contributed by atoms with Crippen LogP contribution in [-0.4, -0.2) is 51.7 Å². The molecule has 1 atom stereocenters. The first-order valence-corrected chi connectivity index (χ1v) is 11.6. The molecule has 0 saturated carbocycles. The first-order valence-electron chi connectivity index (χ1n) is 10.9. The fourth-order valence-electron chi connectivity index (χ4n) is 3.61. The topological polar surface area (TPSA) is 61.3 Å². The highest BCUT2D eigenvalue weighted by molar-refractivity contribution is 6.99. The number of nitrogens with zero attached hydrogens (tertiary/aromatic N) is 3. The van der Waals surface area contributed by atoms with Gasteiger partial charge in [0.2, 0.25) is 5.72 Å². The molecule has 0 spiro atoms. The molecule has 1 unspecified atom stereocenters. The molecule has 0 aliphatic carbocycles. The predicted molar refractivity (Wildman–Crippen MR) is 118 cm³/mol. The van der Waals surface area contributed by atoms with Crippen molar-refractivity contribution in [2.45, 2.75) is 78.9 Å². The average Bonchev–Trinajstić information content (AvgIpc) is 3.09. The molecule has 29 heavy (non-hydrogen) atoms. The summed E-state index contributed by atoms with van der Waals surface area (Å²) in [6.45, 7) is 12.6. The van der Waals surface area contributed by atoms with E-state index in [1.54, 1.807) is 0 Å². The van der Waals surface area contributed by atoms with E-state index in [9.17, 15) is 4.79 Å². The minimum Gasteiger partial charge on any atom is -0.475 e. The number of carbonyl (C=O) groups excluding carboxylic acids is 1. The highest BCUT2D eigenvalue weighted by Gasteiger charge is 2.45. The SMILES string of the molecule is CCCCCCOc1nsnc1C1=CCC[N+](C)(C(C)(C)OC(=O)CC(C)C)C1. The Morgan fingerprint density at radius 3 is 2.72 bits per heavy atom. The minimum absolute atomic E-state index is 0.133. The zero-order valence-electron chi connectivity index (χ0n) is 19.0. The number of hydrogen-bond donors (Lipinski definition) is 0. The molecule has 164 valence electrons. The minimum atomic E-state index is -0.615. The van der Waals surface area contributed by atoms with Gasteiger partial charge in [0.05, 0.1) is 31.9 Å². The van der Waals surface area contributed by atoms with Crippen molar-refractivity contribution in [1.29, 1.82) is 0 Å². The predicted octanol–water partition coefficient (Wildman–Crippen LogP) is 5.06. The first kappa shape index (κ1) is 23.8. The Kier molecular flexibility index (Phi) is 8.64. The Balaban J connectivity index is 2.05. The maximum absolute atomic E-state index is 12.3.